The van der Waals surface area contributed by atoms with Gasteiger partial charge in [-0.05, 0) is 74.5 Å². The first-order valence-corrected chi connectivity index (χ1v) is 12.8. The molecule has 3 aromatic rings. The smallest absolute Gasteiger partial charge is 0.262 e. The molecule has 2 heterocycles. The van der Waals surface area contributed by atoms with Crippen molar-refractivity contribution in [1.29, 1.82) is 0 Å². The van der Waals surface area contributed by atoms with E-state index in [1.54, 1.807) is 24.5 Å². The number of rotatable bonds is 9. The van der Waals surface area contributed by atoms with Gasteiger partial charge in [0.1, 0.15) is 11.5 Å². The summed E-state index contributed by atoms with van der Waals surface area (Å²) in [5.41, 5.74) is 0.442. The lowest BCUT2D eigenvalue weighted by molar-refractivity contribution is 0.0933. The highest BCUT2D eigenvalue weighted by Gasteiger charge is 2.26. The molecular formula is C24H26ClN3O5S. The standard InChI is InChI=1S/C24H26ClN3O5S/c1-32-22-10-9-18(25)15-20(22)27-34(30,31)19-7-4-6-17(14-19)24(29)26-16-21(23-8-5-13-33-23)28-11-2-3-12-28/h4-10,13-15,21,27H,2-3,11-12,16H2,1H3,(H,26,29)/t21-/m0/s1. The second-order valence-electron chi connectivity index (χ2n) is 7.96. The van der Waals surface area contributed by atoms with Gasteiger partial charge in [-0.2, -0.15) is 0 Å². The quantitative estimate of drug-likeness (QED) is 0.451. The zero-order chi connectivity index (χ0) is 24.1. The molecule has 1 aliphatic heterocycles. The number of benzene rings is 2. The van der Waals surface area contributed by atoms with Crippen LogP contribution in [0, 0.1) is 0 Å². The average Bonchev–Trinajstić information content (AvgIpc) is 3.54. The molecule has 0 saturated carbocycles. The molecule has 1 fully saturated rings. The maximum atomic E-state index is 13.0. The van der Waals surface area contributed by atoms with Gasteiger partial charge in [0.25, 0.3) is 15.9 Å². The number of methoxy groups -OCH3 is 1. The molecule has 34 heavy (non-hydrogen) atoms. The summed E-state index contributed by atoms with van der Waals surface area (Å²) in [6, 6.07) is 14.1. The SMILES string of the molecule is COc1ccc(Cl)cc1NS(=O)(=O)c1cccc(C(=O)NC[C@@H](c2ccco2)N2CCCC2)c1. The van der Waals surface area contributed by atoms with E-state index in [9.17, 15) is 13.2 Å². The molecular weight excluding hydrogens is 478 g/mol. The number of nitrogens with one attached hydrogen (secondary N) is 2. The highest BCUT2D eigenvalue weighted by molar-refractivity contribution is 7.92. The summed E-state index contributed by atoms with van der Waals surface area (Å²) in [5, 5.41) is 3.28. The number of likely N-dealkylation sites (tertiary alicyclic amines) is 1. The molecule has 4 rings (SSSR count). The van der Waals surface area contributed by atoms with Crippen LogP contribution in [-0.4, -0.2) is 46.0 Å². The zero-order valence-corrected chi connectivity index (χ0v) is 20.2. The maximum Gasteiger partial charge on any atom is 0.262 e. The topological polar surface area (TPSA) is 101 Å². The molecule has 2 aromatic carbocycles. The first-order chi connectivity index (χ1) is 16.4. The summed E-state index contributed by atoms with van der Waals surface area (Å²) < 4.78 is 39.3. The Morgan fingerprint density at radius 2 is 1.94 bits per heavy atom. The number of furan rings is 1. The van der Waals surface area contributed by atoms with E-state index in [0.29, 0.717) is 17.3 Å². The van der Waals surface area contributed by atoms with Crippen LogP contribution < -0.4 is 14.8 Å². The van der Waals surface area contributed by atoms with E-state index >= 15 is 0 Å². The molecule has 2 N–H and O–H groups in total. The van der Waals surface area contributed by atoms with Crippen molar-refractivity contribution < 1.29 is 22.4 Å². The Bertz CT molecular complexity index is 1240. The first kappa shape index (κ1) is 24.1. The lowest BCUT2D eigenvalue weighted by Crippen LogP contribution is -2.36. The summed E-state index contributed by atoms with van der Waals surface area (Å²) in [4.78, 5) is 15.1. The van der Waals surface area contributed by atoms with Gasteiger partial charge in [-0.15, -0.1) is 0 Å². The molecule has 0 unspecified atom stereocenters. The van der Waals surface area contributed by atoms with Gasteiger partial charge in [-0.1, -0.05) is 17.7 Å². The number of carbonyl (C=O) groups is 1. The molecule has 1 amide bonds. The molecule has 0 aliphatic carbocycles. The lowest BCUT2D eigenvalue weighted by Gasteiger charge is -2.26. The Balaban J connectivity index is 1.49. The fourth-order valence-corrected chi connectivity index (χ4v) is 5.28. The molecule has 1 atom stereocenters. The van der Waals surface area contributed by atoms with Crippen LogP contribution in [0.3, 0.4) is 0 Å². The van der Waals surface area contributed by atoms with Crippen LogP contribution in [0.1, 0.15) is 35.0 Å². The van der Waals surface area contributed by atoms with Gasteiger partial charge in [0.15, 0.2) is 0 Å². The minimum Gasteiger partial charge on any atom is -0.495 e. The van der Waals surface area contributed by atoms with Crippen molar-refractivity contribution in [1.82, 2.24) is 10.2 Å². The Kier molecular flexibility index (Phi) is 7.45. The van der Waals surface area contributed by atoms with E-state index in [2.05, 4.69) is 14.9 Å². The van der Waals surface area contributed by atoms with E-state index in [-0.39, 0.29) is 28.1 Å². The Hall–Kier alpha value is -3.01. The van der Waals surface area contributed by atoms with Crippen LogP contribution in [0.25, 0.3) is 0 Å². The van der Waals surface area contributed by atoms with E-state index in [0.717, 1.165) is 31.7 Å². The summed E-state index contributed by atoms with van der Waals surface area (Å²) >= 11 is 6.01. The monoisotopic (exact) mass is 503 g/mol. The highest BCUT2D eigenvalue weighted by Crippen LogP contribution is 2.30. The number of hydrogen-bond donors (Lipinski definition) is 2. The minimum absolute atomic E-state index is 0.0516. The van der Waals surface area contributed by atoms with E-state index in [1.807, 2.05) is 12.1 Å². The molecule has 1 aromatic heterocycles. The molecule has 180 valence electrons. The fourth-order valence-electron chi connectivity index (χ4n) is 4.00. The molecule has 1 saturated heterocycles. The van der Waals surface area contributed by atoms with Crippen molar-refractivity contribution in [3.63, 3.8) is 0 Å². The van der Waals surface area contributed by atoms with Crippen molar-refractivity contribution in [2.75, 3.05) is 31.5 Å². The van der Waals surface area contributed by atoms with E-state index < -0.39 is 10.0 Å². The predicted molar refractivity (Wildman–Crippen MR) is 130 cm³/mol. The molecule has 0 radical (unpaired) electrons. The van der Waals surface area contributed by atoms with Gasteiger partial charge in [-0.25, -0.2) is 8.42 Å². The minimum atomic E-state index is -3.99. The number of nitrogens with zero attached hydrogens (tertiary/aromatic N) is 1. The van der Waals surface area contributed by atoms with Gasteiger partial charge in [0.05, 0.1) is 30.0 Å². The van der Waals surface area contributed by atoms with Crippen molar-refractivity contribution in [2.45, 2.75) is 23.8 Å². The third kappa shape index (κ3) is 5.55. The van der Waals surface area contributed by atoms with Gasteiger partial charge in [-0.3, -0.25) is 14.4 Å². The summed E-state index contributed by atoms with van der Waals surface area (Å²) in [6.45, 7) is 2.22. The van der Waals surface area contributed by atoms with Gasteiger partial charge in [0, 0.05) is 17.1 Å². The first-order valence-electron chi connectivity index (χ1n) is 10.9. The van der Waals surface area contributed by atoms with E-state index in [1.165, 1.54) is 31.4 Å². The van der Waals surface area contributed by atoms with Gasteiger partial charge in [0.2, 0.25) is 0 Å². The summed E-state index contributed by atoms with van der Waals surface area (Å²) in [6.07, 6.45) is 3.83. The fraction of sp³-hybridized carbons (Fsp3) is 0.292. The second kappa shape index (κ2) is 10.5. The molecule has 1 aliphatic rings. The van der Waals surface area contributed by atoms with Crippen molar-refractivity contribution in [3.05, 3.63) is 77.2 Å². The van der Waals surface area contributed by atoms with Crippen molar-refractivity contribution >= 4 is 33.2 Å². The summed E-state index contributed by atoms with van der Waals surface area (Å²) in [5.74, 6) is 0.749. The number of hydrogen-bond acceptors (Lipinski definition) is 6. The summed E-state index contributed by atoms with van der Waals surface area (Å²) in [7, 11) is -2.56. The number of anilines is 1. The van der Waals surface area contributed by atoms with Crippen LogP contribution >= 0.6 is 11.6 Å². The Morgan fingerprint density at radius 1 is 1.15 bits per heavy atom. The third-order valence-corrected chi connectivity index (χ3v) is 7.32. The van der Waals surface area contributed by atoms with Crippen molar-refractivity contribution in [3.8, 4) is 5.75 Å². The Morgan fingerprint density at radius 3 is 2.65 bits per heavy atom. The largest absolute Gasteiger partial charge is 0.495 e. The van der Waals surface area contributed by atoms with Gasteiger partial charge >= 0.3 is 0 Å². The van der Waals surface area contributed by atoms with Crippen LogP contribution in [0.2, 0.25) is 5.02 Å². The zero-order valence-electron chi connectivity index (χ0n) is 18.7. The van der Waals surface area contributed by atoms with Crippen LogP contribution in [0.15, 0.2) is 70.2 Å². The number of ether oxygens (including phenoxy) is 1. The molecule has 0 spiro atoms. The van der Waals surface area contributed by atoms with Crippen LogP contribution in [-0.2, 0) is 10.0 Å². The van der Waals surface area contributed by atoms with Crippen LogP contribution in [0.4, 0.5) is 5.69 Å². The van der Waals surface area contributed by atoms with E-state index in [4.69, 9.17) is 20.8 Å². The predicted octanol–water partition coefficient (Wildman–Crippen LogP) is 4.31. The van der Waals surface area contributed by atoms with Crippen LogP contribution in [0.5, 0.6) is 5.75 Å². The maximum absolute atomic E-state index is 13.0. The number of halogens is 1. The number of amides is 1. The van der Waals surface area contributed by atoms with Gasteiger partial charge < -0.3 is 14.5 Å². The third-order valence-electron chi connectivity index (χ3n) is 5.72. The lowest BCUT2D eigenvalue weighted by atomic mass is 10.1. The second-order valence-corrected chi connectivity index (χ2v) is 10.1. The molecule has 8 nitrogen and oxygen atoms in total. The number of sulfonamides is 1. The highest BCUT2D eigenvalue weighted by atomic mass is 35.5. The molecule has 0 bridgehead atoms. The molecule has 10 heteroatoms. The number of carbonyl (C=O) groups excluding carboxylic acids is 1. The average molecular weight is 504 g/mol. The van der Waals surface area contributed by atoms with Crippen molar-refractivity contribution in [2.24, 2.45) is 0 Å². The Labute approximate surface area is 203 Å². The normalized spacial score (nSPS) is 15.1.